The Balaban J connectivity index is 1.68. The van der Waals surface area contributed by atoms with E-state index in [0.29, 0.717) is 24.8 Å². The fourth-order valence-corrected chi connectivity index (χ4v) is 5.72. The van der Waals surface area contributed by atoms with E-state index < -0.39 is 0 Å². The minimum absolute atomic E-state index is 0.0619. The molecule has 0 unspecified atom stereocenters. The molecule has 0 atom stereocenters. The van der Waals surface area contributed by atoms with E-state index in [1.165, 1.54) is 21.5 Å². The van der Waals surface area contributed by atoms with Gasteiger partial charge in [-0.15, -0.1) is 17.9 Å². The smallest absolute Gasteiger partial charge is 0.324 e. The molecule has 0 radical (unpaired) electrons. The highest BCUT2D eigenvalue weighted by Crippen LogP contribution is 2.34. The minimum Gasteiger partial charge on any atom is -0.336 e. The van der Waals surface area contributed by atoms with Crippen LogP contribution in [0.5, 0.6) is 0 Å². The molecule has 4 rings (SSSR count). The number of nitrogens with one attached hydrogen (secondary N) is 1. The second-order valence-corrected chi connectivity index (χ2v) is 8.58. The first-order valence-corrected chi connectivity index (χ1v) is 10.8. The van der Waals surface area contributed by atoms with Crippen molar-refractivity contribution >= 4 is 45.3 Å². The lowest BCUT2D eigenvalue weighted by molar-refractivity contribution is -0.124. The van der Waals surface area contributed by atoms with Gasteiger partial charge in [-0.1, -0.05) is 17.8 Å². The first-order valence-electron chi connectivity index (χ1n) is 8.97. The molecular weight excluding hydrogens is 384 g/mol. The van der Waals surface area contributed by atoms with Crippen molar-refractivity contribution in [3.63, 3.8) is 0 Å². The lowest BCUT2D eigenvalue weighted by Crippen LogP contribution is -2.35. The molecule has 1 fully saturated rings. The van der Waals surface area contributed by atoms with Gasteiger partial charge in [0, 0.05) is 24.5 Å². The van der Waals surface area contributed by atoms with Crippen LogP contribution in [0.4, 0.5) is 4.79 Å². The molecule has 1 saturated heterocycles. The average molecular weight is 405 g/mol. The van der Waals surface area contributed by atoms with Gasteiger partial charge in [-0.2, -0.15) is 0 Å². The minimum atomic E-state index is -0.363. The van der Waals surface area contributed by atoms with Crippen molar-refractivity contribution in [1.29, 1.82) is 0 Å². The van der Waals surface area contributed by atoms with Crippen molar-refractivity contribution in [3.05, 3.63) is 33.4 Å². The Hall–Kier alpha value is -2.13. The number of amides is 3. The maximum absolute atomic E-state index is 13.1. The fraction of sp³-hybridized carbons (Fsp3) is 0.444. The van der Waals surface area contributed by atoms with Gasteiger partial charge in [0.15, 0.2) is 5.16 Å². The summed E-state index contributed by atoms with van der Waals surface area (Å²) >= 11 is 2.79. The van der Waals surface area contributed by atoms with E-state index in [4.69, 9.17) is 4.98 Å². The number of imide groups is 1. The van der Waals surface area contributed by atoms with E-state index in [9.17, 15) is 14.4 Å². The third-order valence-corrected chi connectivity index (χ3v) is 6.98. The molecule has 2 aromatic rings. The molecule has 1 aliphatic carbocycles. The maximum Gasteiger partial charge on any atom is 0.324 e. The Kier molecular flexibility index (Phi) is 5.05. The summed E-state index contributed by atoms with van der Waals surface area (Å²) in [4.78, 5) is 45.0. The first-order chi connectivity index (χ1) is 13.1. The van der Waals surface area contributed by atoms with Gasteiger partial charge in [0.05, 0.1) is 11.1 Å². The number of aromatic nitrogens is 2. The molecular formula is C18H20N4O3S2. The summed E-state index contributed by atoms with van der Waals surface area (Å²) in [6.07, 6.45) is 5.84. The Labute approximate surface area is 164 Å². The number of allylic oxidation sites excluding steroid dienone is 1. The summed E-state index contributed by atoms with van der Waals surface area (Å²) in [6, 6.07) is -0.363. The second-order valence-electron chi connectivity index (χ2n) is 6.56. The van der Waals surface area contributed by atoms with Crippen LogP contribution in [-0.2, 0) is 24.2 Å². The van der Waals surface area contributed by atoms with Crippen molar-refractivity contribution in [2.75, 3.05) is 18.8 Å². The molecule has 3 heterocycles. The normalized spacial score (nSPS) is 16.4. The molecule has 2 aliphatic rings. The number of fused-ring (bicyclic) bond motifs is 3. The predicted octanol–water partition coefficient (Wildman–Crippen LogP) is 2.17. The number of thioether (sulfide) groups is 1. The van der Waals surface area contributed by atoms with E-state index in [0.717, 1.165) is 41.5 Å². The Morgan fingerprint density at radius 2 is 2.15 bits per heavy atom. The molecule has 0 saturated carbocycles. The molecule has 3 amide bonds. The van der Waals surface area contributed by atoms with E-state index in [-0.39, 0.29) is 23.3 Å². The third kappa shape index (κ3) is 3.29. The number of urea groups is 1. The van der Waals surface area contributed by atoms with Gasteiger partial charge in [-0.05, 0) is 31.2 Å². The Morgan fingerprint density at radius 3 is 2.89 bits per heavy atom. The Bertz CT molecular complexity index is 995. The van der Waals surface area contributed by atoms with Gasteiger partial charge in [-0.25, -0.2) is 9.78 Å². The highest BCUT2D eigenvalue weighted by molar-refractivity contribution is 7.99. The molecule has 9 heteroatoms. The number of thiophene rings is 1. The summed E-state index contributed by atoms with van der Waals surface area (Å²) in [6.45, 7) is 4.93. The van der Waals surface area contributed by atoms with Crippen LogP contribution in [0.1, 0.15) is 23.3 Å². The van der Waals surface area contributed by atoms with E-state index in [1.54, 1.807) is 22.0 Å². The van der Waals surface area contributed by atoms with Gasteiger partial charge in [0.2, 0.25) is 5.91 Å². The molecule has 1 N–H and O–H groups in total. The molecule has 142 valence electrons. The number of carbonyl (C=O) groups excluding carboxylic acids is 2. The van der Waals surface area contributed by atoms with Crippen LogP contribution in [-0.4, -0.2) is 45.2 Å². The quantitative estimate of drug-likeness (QED) is 0.469. The summed E-state index contributed by atoms with van der Waals surface area (Å²) in [5.41, 5.74) is 1.09. The van der Waals surface area contributed by atoms with Crippen LogP contribution in [0.2, 0.25) is 0 Å². The fourth-order valence-electron chi connectivity index (χ4n) is 3.53. The van der Waals surface area contributed by atoms with Crippen molar-refractivity contribution in [3.8, 4) is 0 Å². The molecule has 0 aromatic carbocycles. The van der Waals surface area contributed by atoms with Crippen LogP contribution in [0, 0.1) is 0 Å². The summed E-state index contributed by atoms with van der Waals surface area (Å²) in [5.74, 6) is -0.215. The standard InChI is InChI=1S/C18H20N4O3S2/c1-2-8-22-16(24)14-11-5-3-4-6-12(11)27-15(14)20-18(22)26-10-13(23)21-9-7-19-17(21)25/h2H,1,3-10H2,(H,19,25). The van der Waals surface area contributed by atoms with Crippen molar-refractivity contribution < 1.29 is 9.59 Å². The topological polar surface area (TPSA) is 84.3 Å². The SMILES string of the molecule is C=CCn1c(SCC(=O)N2CCNC2=O)nc2sc3c(c2c1=O)CCCC3. The number of nitrogens with zero attached hydrogens (tertiary/aromatic N) is 3. The molecule has 27 heavy (non-hydrogen) atoms. The van der Waals surface area contributed by atoms with Gasteiger partial charge in [-0.3, -0.25) is 19.1 Å². The van der Waals surface area contributed by atoms with Gasteiger partial charge in [0.25, 0.3) is 5.56 Å². The second kappa shape index (κ2) is 7.47. The number of aryl methyl sites for hydroxylation is 2. The molecule has 7 nitrogen and oxygen atoms in total. The van der Waals surface area contributed by atoms with Gasteiger partial charge >= 0.3 is 6.03 Å². The zero-order chi connectivity index (χ0) is 19.0. The van der Waals surface area contributed by atoms with E-state index in [2.05, 4.69) is 11.9 Å². The van der Waals surface area contributed by atoms with Gasteiger partial charge in [0.1, 0.15) is 4.83 Å². The largest absolute Gasteiger partial charge is 0.336 e. The van der Waals surface area contributed by atoms with E-state index >= 15 is 0 Å². The van der Waals surface area contributed by atoms with Crippen molar-refractivity contribution in [2.45, 2.75) is 37.4 Å². The zero-order valence-electron chi connectivity index (χ0n) is 14.8. The highest BCUT2D eigenvalue weighted by Gasteiger charge is 2.27. The summed E-state index contributed by atoms with van der Waals surface area (Å²) < 4.78 is 1.58. The van der Waals surface area contributed by atoms with E-state index in [1.807, 2.05) is 0 Å². The third-order valence-electron chi connectivity index (χ3n) is 4.83. The van der Waals surface area contributed by atoms with Crippen LogP contribution in [0.15, 0.2) is 22.6 Å². The monoisotopic (exact) mass is 404 g/mol. The molecule has 0 bridgehead atoms. The number of carbonyl (C=O) groups is 2. The molecule has 1 aliphatic heterocycles. The zero-order valence-corrected chi connectivity index (χ0v) is 16.5. The van der Waals surface area contributed by atoms with Crippen molar-refractivity contribution in [1.82, 2.24) is 19.8 Å². The van der Waals surface area contributed by atoms with Gasteiger partial charge < -0.3 is 5.32 Å². The Morgan fingerprint density at radius 1 is 1.33 bits per heavy atom. The average Bonchev–Trinajstić information content (AvgIpc) is 3.25. The van der Waals surface area contributed by atoms with Crippen LogP contribution in [0.25, 0.3) is 10.2 Å². The maximum atomic E-state index is 13.1. The summed E-state index contributed by atoms with van der Waals surface area (Å²) in [5, 5.41) is 3.84. The highest BCUT2D eigenvalue weighted by atomic mass is 32.2. The van der Waals surface area contributed by atoms with Crippen molar-refractivity contribution in [2.24, 2.45) is 0 Å². The lowest BCUT2D eigenvalue weighted by atomic mass is 9.97. The van der Waals surface area contributed by atoms with Crippen LogP contribution in [0.3, 0.4) is 0 Å². The van der Waals surface area contributed by atoms with Crippen LogP contribution >= 0.6 is 23.1 Å². The molecule has 0 spiro atoms. The van der Waals surface area contributed by atoms with Crippen LogP contribution < -0.4 is 10.9 Å². The number of hydrogen-bond donors (Lipinski definition) is 1. The first kappa shape index (κ1) is 18.2. The summed E-state index contributed by atoms with van der Waals surface area (Å²) in [7, 11) is 0. The lowest BCUT2D eigenvalue weighted by Gasteiger charge is -2.14. The predicted molar refractivity (Wildman–Crippen MR) is 107 cm³/mol. The number of hydrogen-bond acceptors (Lipinski definition) is 6. The number of rotatable bonds is 5. The molecule has 2 aromatic heterocycles.